The zero-order valence-electron chi connectivity index (χ0n) is 12.7. The molecule has 1 atom stereocenters. The van der Waals surface area contributed by atoms with E-state index < -0.39 is 12.1 Å². The highest BCUT2D eigenvalue weighted by Crippen LogP contribution is 2.12. The maximum atomic E-state index is 11.3. The number of unbranched alkanes of at least 4 members (excludes halogenated alkanes) is 2. The molecule has 0 saturated carbocycles. The van der Waals surface area contributed by atoms with Gasteiger partial charge in [-0.3, -0.25) is 4.79 Å². The Balaban J connectivity index is 3.53. The molecular formula is C15H26O5. The lowest BCUT2D eigenvalue weighted by Crippen LogP contribution is -2.16. The Morgan fingerprint density at radius 2 is 1.80 bits per heavy atom. The predicted octanol–water partition coefficient (Wildman–Crippen LogP) is 3.50. The van der Waals surface area contributed by atoms with Crippen LogP contribution in [-0.2, 0) is 19.1 Å². The fourth-order valence-corrected chi connectivity index (χ4v) is 1.63. The van der Waals surface area contributed by atoms with Crippen LogP contribution in [0.1, 0.15) is 59.3 Å². The quantitative estimate of drug-likeness (QED) is 0.266. The predicted molar refractivity (Wildman–Crippen MR) is 75.2 cm³/mol. The first-order chi connectivity index (χ1) is 9.45. The summed E-state index contributed by atoms with van der Waals surface area (Å²) in [7, 11) is 0. The molecule has 0 N–H and O–H groups in total. The molecule has 0 aromatic rings. The molecule has 0 aromatic heterocycles. The Labute approximate surface area is 121 Å². The first-order valence-corrected chi connectivity index (χ1v) is 7.26. The first-order valence-electron chi connectivity index (χ1n) is 7.26. The van der Waals surface area contributed by atoms with Gasteiger partial charge in [0, 0.05) is 12.8 Å². The van der Waals surface area contributed by atoms with Crippen LogP contribution in [0.4, 0.5) is 4.79 Å². The Kier molecular flexibility index (Phi) is 10.6. The number of hydrogen-bond acceptors (Lipinski definition) is 5. The summed E-state index contributed by atoms with van der Waals surface area (Å²) in [5, 5.41) is 0. The molecule has 0 radical (unpaired) electrons. The van der Waals surface area contributed by atoms with Crippen molar-refractivity contribution in [1.29, 1.82) is 0 Å². The van der Waals surface area contributed by atoms with Crippen molar-refractivity contribution in [3.63, 3.8) is 0 Å². The third-order valence-electron chi connectivity index (χ3n) is 2.81. The fourth-order valence-electron chi connectivity index (χ4n) is 1.63. The van der Waals surface area contributed by atoms with Crippen molar-refractivity contribution < 1.29 is 23.9 Å². The fraction of sp³-hybridized carbons (Fsp3) is 0.800. The molecule has 5 heteroatoms. The molecule has 0 bridgehead atoms. The number of carbonyl (C=O) groups excluding carboxylic acids is 3. The van der Waals surface area contributed by atoms with Crippen molar-refractivity contribution in [2.75, 3.05) is 6.61 Å². The van der Waals surface area contributed by atoms with E-state index in [0.717, 1.165) is 25.5 Å². The van der Waals surface area contributed by atoms with Gasteiger partial charge in [-0.25, -0.2) is 4.79 Å². The zero-order valence-corrected chi connectivity index (χ0v) is 12.7. The van der Waals surface area contributed by atoms with Gasteiger partial charge in [-0.1, -0.05) is 40.0 Å². The van der Waals surface area contributed by atoms with Crippen LogP contribution in [0, 0.1) is 11.8 Å². The van der Waals surface area contributed by atoms with Gasteiger partial charge in [0.25, 0.3) is 0 Å². The smallest absolute Gasteiger partial charge is 0.434 e. The minimum atomic E-state index is -0.914. The van der Waals surface area contributed by atoms with Gasteiger partial charge >= 0.3 is 12.1 Å². The molecule has 20 heavy (non-hydrogen) atoms. The van der Waals surface area contributed by atoms with E-state index in [1.54, 1.807) is 0 Å². The number of aldehydes is 1. The first kappa shape index (κ1) is 18.6. The van der Waals surface area contributed by atoms with Gasteiger partial charge in [0.2, 0.25) is 0 Å². The van der Waals surface area contributed by atoms with Crippen molar-refractivity contribution in [1.82, 2.24) is 0 Å². The molecule has 0 amide bonds. The van der Waals surface area contributed by atoms with Crippen molar-refractivity contribution in [3.05, 3.63) is 0 Å². The van der Waals surface area contributed by atoms with Crippen LogP contribution < -0.4 is 0 Å². The number of esters is 1. The molecule has 0 aromatic carbocycles. The molecule has 0 rings (SSSR count). The van der Waals surface area contributed by atoms with E-state index >= 15 is 0 Å². The van der Waals surface area contributed by atoms with Gasteiger partial charge < -0.3 is 14.3 Å². The van der Waals surface area contributed by atoms with Gasteiger partial charge in [0.15, 0.2) is 0 Å². The molecule has 0 aliphatic rings. The molecule has 0 saturated heterocycles. The number of carbonyl (C=O) groups is 3. The molecule has 1 unspecified atom stereocenters. The molecular weight excluding hydrogens is 260 g/mol. The maximum absolute atomic E-state index is 11.3. The second kappa shape index (κ2) is 11.4. The summed E-state index contributed by atoms with van der Waals surface area (Å²) in [4.78, 5) is 32.7. The number of hydrogen-bond donors (Lipinski definition) is 0. The molecule has 0 spiro atoms. The standard InChI is InChI=1S/C15H26O5/c1-12(2)11-19-15(18)20-14(17)8-6-4-5-7-13(3)9-10-16/h10,12-13H,4-9,11H2,1-3H3. The minimum Gasteiger partial charge on any atom is -0.434 e. The lowest BCUT2D eigenvalue weighted by Gasteiger charge is -2.07. The number of ether oxygens (including phenoxy) is 2. The molecule has 5 nitrogen and oxygen atoms in total. The monoisotopic (exact) mass is 286 g/mol. The van der Waals surface area contributed by atoms with Crippen LogP contribution in [0.2, 0.25) is 0 Å². The van der Waals surface area contributed by atoms with E-state index in [1.807, 2.05) is 20.8 Å². The third-order valence-corrected chi connectivity index (χ3v) is 2.81. The normalized spacial score (nSPS) is 12.0. The highest BCUT2D eigenvalue weighted by atomic mass is 16.7. The average Bonchev–Trinajstić information content (AvgIpc) is 2.36. The van der Waals surface area contributed by atoms with Crippen molar-refractivity contribution in [2.24, 2.45) is 11.8 Å². The average molecular weight is 286 g/mol. The largest absolute Gasteiger partial charge is 0.516 e. The molecule has 0 fully saturated rings. The summed E-state index contributed by atoms with van der Waals surface area (Å²) in [5.41, 5.74) is 0. The van der Waals surface area contributed by atoms with Crippen molar-refractivity contribution in [2.45, 2.75) is 59.3 Å². The topological polar surface area (TPSA) is 69.7 Å². The molecule has 116 valence electrons. The van der Waals surface area contributed by atoms with Gasteiger partial charge in [-0.2, -0.15) is 0 Å². The molecule has 0 aliphatic carbocycles. The van der Waals surface area contributed by atoms with E-state index in [1.165, 1.54) is 0 Å². The van der Waals surface area contributed by atoms with Crippen LogP contribution in [0.5, 0.6) is 0 Å². The lowest BCUT2D eigenvalue weighted by atomic mass is 10.0. The minimum absolute atomic E-state index is 0.214. The zero-order chi connectivity index (χ0) is 15.4. The highest BCUT2D eigenvalue weighted by Gasteiger charge is 2.12. The second-order valence-electron chi connectivity index (χ2n) is 5.54. The second-order valence-corrected chi connectivity index (χ2v) is 5.54. The Bertz CT molecular complexity index is 299. The van der Waals surface area contributed by atoms with E-state index in [-0.39, 0.29) is 18.9 Å². The summed E-state index contributed by atoms with van der Waals surface area (Å²) in [6, 6.07) is 0. The third kappa shape index (κ3) is 11.7. The van der Waals surface area contributed by atoms with Gasteiger partial charge in [-0.15, -0.1) is 0 Å². The van der Waals surface area contributed by atoms with Crippen LogP contribution >= 0.6 is 0 Å². The summed E-state index contributed by atoms with van der Waals surface area (Å²) in [6.45, 7) is 6.09. The Morgan fingerprint density at radius 3 is 2.40 bits per heavy atom. The van der Waals surface area contributed by atoms with Gasteiger partial charge in [0.05, 0.1) is 6.61 Å². The van der Waals surface area contributed by atoms with Crippen molar-refractivity contribution in [3.8, 4) is 0 Å². The molecule has 0 aliphatic heterocycles. The molecule has 0 heterocycles. The lowest BCUT2D eigenvalue weighted by molar-refractivity contribution is -0.140. The van der Waals surface area contributed by atoms with E-state index in [2.05, 4.69) is 4.74 Å². The van der Waals surface area contributed by atoms with E-state index in [9.17, 15) is 14.4 Å². The van der Waals surface area contributed by atoms with Crippen molar-refractivity contribution >= 4 is 18.4 Å². The Hall–Kier alpha value is -1.39. The summed E-state index contributed by atoms with van der Waals surface area (Å²) >= 11 is 0. The highest BCUT2D eigenvalue weighted by molar-refractivity contribution is 5.81. The van der Waals surface area contributed by atoms with E-state index in [0.29, 0.717) is 18.8 Å². The Morgan fingerprint density at radius 1 is 1.10 bits per heavy atom. The van der Waals surface area contributed by atoms with E-state index in [4.69, 9.17) is 4.74 Å². The van der Waals surface area contributed by atoms with Crippen LogP contribution in [-0.4, -0.2) is 25.0 Å². The SMILES string of the molecule is CC(C)COC(=O)OC(=O)CCCCCC(C)CC=O. The summed E-state index contributed by atoms with van der Waals surface area (Å²) in [6.07, 6.45) is 4.35. The van der Waals surface area contributed by atoms with Gasteiger partial charge in [0.1, 0.15) is 6.29 Å². The number of rotatable bonds is 10. The summed E-state index contributed by atoms with van der Waals surface area (Å²) < 4.78 is 9.27. The van der Waals surface area contributed by atoms with Gasteiger partial charge in [-0.05, 0) is 18.3 Å². The summed E-state index contributed by atoms with van der Waals surface area (Å²) in [5.74, 6) is 0.0659. The van der Waals surface area contributed by atoms with Crippen LogP contribution in [0.15, 0.2) is 0 Å². The van der Waals surface area contributed by atoms with Crippen LogP contribution in [0.25, 0.3) is 0 Å². The van der Waals surface area contributed by atoms with Crippen LogP contribution in [0.3, 0.4) is 0 Å². The maximum Gasteiger partial charge on any atom is 0.516 e.